The Labute approximate surface area is 150 Å². The molecule has 4 nitrogen and oxygen atoms in total. The summed E-state index contributed by atoms with van der Waals surface area (Å²) in [6, 6.07) is 8.40. The van der Waals surface area contributed by atoms with Crippen LogP contribution in [0.3, 0.4) is 0 Å². The summed E-state index contributed by atoms with van der Waals surface area (Å²) in [5.41, 5.74) is 2.84. The number of fused-ring (bicyclic) bond motifs is 1. The molecule has 4 heteroatoms. The Kier molecular flexibility index (Phi) is 4.78. The lowest BCUT2D eigenvalue weighted by molar-refractivity contribution is -0.143. The van der Waals surface area contributed by atoms with Crippen molar-refractivity contribution < 1.29 is 9.59 Å². The van der Waals surface area contributed by atoms with Crippen molar-refractivity contribution in [2.75, 3.05) is 19.6 Å². The molecule has 0 spiro atoms. The zero-order valence-electron chi connectivity index (χ0n) is 15.0. The van der Waals surface area contributed by atoms with E-state index in [-0.39, 0.29) is 17.9 Å². The summed E-state index contributed by atoms with van der Waals surface area (Å²) >= 11 is 0. The van der Waals surface area contributed by atoms with Crippen molar-refractivity contribution in [3.63, 3.8) is 0 Å². The zero-order chi connectivity index (χ0) is 17.2. The molecule has 3 aliphatic rings. The van der Waals surface area contributed by atoms with Gasteiger partial charge in [-0.05, 0) is 62.0 Å². The summed E-state index contributed by atoms with van der Waals surface area (Å²) in [4.78, 5) is 29.5. The van der Waals surface area contributed by atoms with Crippen molar-refractivity contribution >= 4 is 11.8 Å². The maximum atomic E-state index is 12.9. The number of rotatable bonds is 3. The lowest BCUT2D eigenvalue weighted by Crippen LogP contribution is -2.47. The first-order valence-electron chi connectivity index (χ1n) is 9.87. The summed E-state index contributed by atoms with van der Waals surface area (Å²) in [6.07, 6.45) is 7.77. The van der Waals surface area contributed by atoms with Crippen LogP contribution in [0.1, 0.15) is 49.7 Å². The Balaban J connectivity index is 1.38. The Hall–Kier alpha value is -1.84. The molecule has 2 heterocycles. The molecule has 134 valence electrons. The minimum atomic E-state index is -0.193. The zero-order valence-corrected chi connectivity index (χ0v) is 15.0. The van der Waals surface area contributed by atoms with Crippen LogP contribution in [0.25, 0.3) is 0 Å². The van der Waals surface area contributed by atoms with Crippen molar-refractivity contribution in [1.82, 2.24) is 9.80 Å². The topological polar surface area (TPSA) is 40.6 Å². The van der Waals surface area contributed by atoms with E-state index in [0.717, 1.165) is 64.6 Å². The third-order valence-corrected chi connectivity index (χ3v) is 6.19. The first-order chi connectivity index (χ1) is 12.2. The number of aryl methyl sites for hydroxylation is 1. The van der Waals surface area contributed by atoms with E-state index in [1.165, 1.54) is 11.1 Å². The fourth-order valence-corrected chi connectivity index (χ4v) is 4.78. The molecule has 2 fully saturated rings. The van der Waals surface area contributed by atoms with E-state index >= 15 is 0 Å². The molecule has 1 aromatic carbocycles. The van der Waals surface area contributed by atoms with Gasteiger partial charge in [0.05, 0.1) is 0 Å². The highest BCUT2D eigenvalue weighted by atomic mass is 16.2. The van der Waals surface area contributed by atoms with Gasteiger partial charge in [-0.25, -0.2) is 0 Å². The fourth-order valence-electron chi connectivity index (χ4n) is 4.78. The van der Waals surface area contributed by atoms with Gasteiger partial charge in [-0.2, -0.15) is 0 Å². The molecule has 0 unspecified atom stereocenters. The van der Waals surface area contributed by atoms with E-state index < -0.39 is 0 Å². The molecule has 4 rings (SSSR count). The van der Waals surface area contributed by atoms with E-state index in [1.807, 2.05) is 9.80 Å². The van der Waals surface area contributed by atoms with Crippen molar-refractivity contribution in [3.8, 4) is 0 Å². The van der Waals surface area contributed by atoms with Crippen LogP contribution >= 0.6 is 0 Å². The summed E-state index contributed by atoms with van der Waals surface area (Å²) in [5, 5.41) is 0. The molecule has 1 aromatic rings. The van der Waals surface area contributed by atoms with Crippen LogP contribution in [0, 0.1) is 5.92 Å². The van der Waals surface area contributed by atoms with Gasteiger partial charge in [0.2, 0.25) is 11.8 Å². The average Bonchev–Trinajstić information content (AvgIpc) is 3.33. The molecule has 0 radical (unpaired) electrons. The number of benzene rings is 1. The average molecular weight is 340 g/mol. The number of hydrogen-bond acceptors (Lipinski definition) is 2. The number of likely N-dealkylation sites (tertiary alicyclic amines) is 2. The molecule has 1 aliphatic carbocycles. The van der Waals surface area contributed by atoms with Crippen LogP contribution in [-0.4, -0.2) is 47.3 Å². The molecule has 25 heavy (non-hydrogen) atoms. The van der Waals surface area contributed by atoms with E-state index in [2.05, 4.69) is 24.3 Å². The molecule has 2 saturated heterocycles. The summed E-state index contributed by atoms with van der Waals surface area (Å²) < 4.78 is 0. The Morgan fingerprint density at radius 2 is 1.72 bits per heavy atom. The van der Waals surface area contributed by atoms with E-state index in [4.69, 9.17) is 0 Å². The molecule has 0 bridgehead atoms. The molecule has 2 amide bonds. The monoisotopic (exact) mass is 340 g/mol. The van der Waals surface area contributed by atoms with Gasteiger partial charge in [-0.3, -0.25) is 9.59 Å². The SMILES string of the molecule is O=C([C@@H]1CCCN1C(=O)C[C@H]1CCc2ccccc2C1)N1CCCC1. The third kappa shape index (κ3) is 3.44. The van der Waals surface area contributed by atoms with Crippen LogP contribution in [0.15, 0.2) is 24.3 Å². The molecular weight excluding hydrogens is 312 g/mol. The Morgan fingerprint density at radius 3 is 2.52 bits per heavy atom. The van der Waals surface area contributed by atoms with Gasteiger partial charge in [-0.1, -0.05) is 24.3 Å². The second-order valence-electron chi connectivity index (χ2n) is 7.86. The minimum Gasteiger partial charge on any atom is -0.341 e. The Bertz CT molecular complexity index is 651. The number of hydrogen-bond donors (Lipinski definition) is 0. The lowest BCUT2D eigenvalue weighted by atomic mass is 9.82. The standard InChI is InChI=1S/C21H28N2O2/c24-20(15-16-9-10-17-6-1-2-7-18(17)14-16)23-13-5-8-19(23)21(25)22-11-3-4-12-22/h1-2,6-7,16,19H,3-5,8-15H2/t16-,19-/m0/s1. The quantitative estimate of drug-likeness (QED) is 0.849. The fraction of sp³-hybridized carbons (Fsp3) is 0.619. The summed E-state index contributed by atoms with van der Waals surface area (Å²) in [7, 11) is 0. The molecule has 0 saturated carbocycles. The van der Waals surface area contributed by atoms with Crippen molar-refractivity contribution in [3.05, 3.63) is 35.4 Å². The maximum absolute atomic E-state index is 12.9. The molecular formula is C21H28N2O2. The van der Waals surface area contributed by atoms with E-state index in [1.54, 1.807) is 0 Å². The number of nitrogens with zero attached hydrogens (tertiary/aromatic N) is 2. The van der Waals surface area contributed by atoms with Gasteiger partial charge < -0.3 is 9.80 Å². The van der Waals surface area contributed by atoms with Crippen LogP contribution in [0.4, 0.5) is 0 Å². The number of carbonyl (C=O) groups is 2. The maximum Gasteiger partial charge on any atom is 0.245 e. The second-order valence-corrected chi connectivity index (χ2v) is 7.86. The van der Waals surface area contributed by atoms with Crippen molar-refractivity contribution in [2.45, 2.75) is 57.4 Å². The lowest BCUT2D eigenvalue weighted by Gasteiger charge is -2.30. The largest absolute Gasteiger partial charge is 0.341 e. The highest BCUT2D eigenvalue weighted by Crippen LogP contribution is 2.29. The van der Waals surface area contributed by atoms with Crippen LogP contribution < -0.4 is 0 Å². The van der Waals surface area contributed by atoms with Gasteiger partial charge in [0.1, 0.15) is 6.04 Å². The summed E-state index contributed by atoms with van der Waals surface area (Å²) in [5.74, 6) is 0.808. The van der Waals surface area contributed by atoms with E-state index in [0.29, 0.717) is 12.3 Å². The molecule has 0 aromatic heterocycles. The van der Waals surface area contributed by atoms with Gasteiger partial charge in [0.15, 0.2) is 0 Å². The van der Waals surface area contributed by atoms with Gasteiger partial charge in [-0.15, -0.1) is 0 Å². The molecule has 0 N–H and O–H groups in total. The predicted octanol–water partition coefficient (Wildman–Crippen LogP) is 2.80. The normalized spacial score (nSPS) is 25.9. The summed E-state index contributed by atoms with van der Waals surface area (Å²) in [6.45, 7) is 2.50. The van der Waals surface area contributed by atoms with Crippen molar-refractivity contribution in [1.29, 1.82) is 0 Å². The first-order valence-corrected chi connectivity index (χ1v) is 9.87. The Morgan fingerprint density at radius 1 is 0.960 bits per heavy atom. The number of amides is 2. The predicted molar refractivity (Wildman–Crippen MR) is 97.1 cm³/mol. The molecule has 2 atom stereocenters. The molecule has 2 aliphatic heterocycles. The van der Waals surface area contributed by atoms with Gasteiger partial charge in [0.25, 0.3) is 0 Å². The second kappa shape index (κ2) is 7.19. The number of carbonyl (C=O) groups excluding carboxylic acids is 2. The van der Waals surface area contributed by atoms with Crippen LogP contribution in [0.2, 0.25) is 0 Å². The van der Waals surface area contributed by atoms with Gasteiger partial charge in [0, 0.05) is 26.1 Å². The van der Waals surface area contributed by atoms with Crippen molar-refractivity contribution in [2.24, 2.45) is 5.92 Å². The third-order valence-electron chi connectivity index (χ3n) is 6.19. The highest BCUT2D eigenvalue weighted by Gasteiger charge is 2.37. The highest BCUT2D eigenvalue weighted by molar-refractivity contribution is 5.88. The minimum absolute atomic E-state index is 0.192. The van der Waals surface area contributed by atoms with Gasteiger partial charge >= 0.3 is 0 Å². The van der Waals surface area contributed by atoms with Crippen LogP contribution in [0.5, 0.6) is 0 Å². The van der Waals surface area contributed by atoms with Crippen LogP contribution in [-0.2, 0) is 22.4 Å². The smallest absolute Gasteiger partial charge is 0.245 e. The first kappa shape index (κ1) is 16.6. The van der Waals surface area contributed by atoms with E-state index in [9.17, 15) is 9.59 Å².